The highest BCUT2D eigenvalue weighted by Gasteiger charge is 2.19. The fraction of sp³-hybridized carbons (Fsp3) is 0.588. The number of hydrogen-bond donors (Lipinski definition) is 0. The molecule has 0 aliphatic rings. The lowest BCUT2D eigenvalue weighted by Gasteiger charge is -2.20. The molecule has 0 saturated carbocycles. The lowest BCUT2D eigenvalue weighted by molar-refractivity contribution is -0.155. The van der Waals surface area contributed by atoms with Crippen LogP contribution in [-0.2, 0) is 20.9 Å². The van der Waals surface area contributed by atoms with Gasteiger partial charge in [-0.25, -0.2) is 0 Å². The highest BCUT2D eigenvalue weighted by molar-refractivity contribution is 5.70. The molecule has 1 atom stereocenters. The van der Waals surface area contributed by atoms with Crippen LogP contribution in [0, 0.1) is 0 Å². The van der Waals surface area contributed by atoms with Crippen LogP contribution in [0.1, 0.15) is 45.6 Å². The van der Waals surface area contributed by atoms with Crippen LogP contribution in [0.5, 0.6) is 0 Å². The van der Waals surface area contributed by atoms with Crippen molar-refractivity contribution in [3.05, 3.63) is 46.3 Å². The van der Waals surface area contributed by atoms with E-state index in [2.05, 4.69) is 10.0 Å². The molecule has 0 N–H and O–H groups in total. The lowest BCUT2D eigenvalue weighted by atomic mass is 10.1. The molecule has 0 heterocycles. The van der Waals surface area contributed by atoms with E-state index >= 15 is 0 Å². The quantitative estimate of drug-likeness (QED) is 0.222. The number of carbonyl (C=O) groups excluding carboxylic acids is 1. The average Bonchev–Trinajstić information content (AvgIpc) is 2.46. The zero-order valence-corrected chi connectivity index (χ0v) is 14.1. The molecule has 0 bridgehead atoms. The van der Waals surface area contributed by atoms with E-state index in [0.717, 1.165) is 12.0 Å². The van der Waals surface area contributed by atoms with Gasteiger partial charge in [0.2, 0.25) is 0 Å². The first-order valence-electron chi connectivity index (χ1n) is 7.78. The molecule has 0 aliphatic heterocycles. The fourth-order valence-electron chi connectivity index (χ4n) is 2.03. The van der Waals surface area contributed by atoms with E-state index < -0.39 is 11.6 Å². The predicted molar refractivity (Wildman–Crippen MR) is 88.7 cm³/mol. The standard InChI is InChI=1S/C17H25N3O3/c1-17(2,3)23-16(21)12-15(19-20-18)10-7-11-22-13-14-8-5-4-6-9-14/h4-6,8-9,15H,7,10-13H2,1-3H3/t15-/m0/s1. The molecule has 6 heteroatoms. The Bertz CT molecular complexity index is 520. The zero-order valence-electron chi connectivity index (χ0n) is 14.1. The molecule has 0 unspecified atom stereocenters. The molecule has 0 radical (unpaired) electrons. The molecule has 1 aromatic rings. The minimum atomic E-state index is -0.531. The first-order chi connectivity index (χ1) is 10.9. The van der Waals surface area contributed by atoms with Crippen LogP contribution in [0.2, 0.25) is 0 Å². The summed E-state index contributed by atoms with van der Waals surface area (Å²) < 4.78 is 10.8. The van der Waals surface area contributed by atoms with Crippen LogP contribution in [0.25, 0.3) is 10.4 Å². The second kappa shape index (κ2) is 9.87. The molecule has 1 rings (SSSR count). The van der Waals surface area contributed by atoms with Gasteiger partial charge in [-0.2, -0.15) is 0 Å². The van der Waals surface area contributed by atoms with Crippen LogP contribution in [0.4, 0.5) is 0 Å². The van der Waals surface area contributed by atoms with Crippen molar-refractivity contribution in [3.8, 4) is 0 Å². The van der Waals surface area contributed by atoms with Crippen LogP contribution in [0.15, 0.2) is 35.4 Å². The van der Waals surface area contributed by atoms with Gasteiger partial charge in [-0.15, -0.1) is 0 Å². The van der Waals surface area contributed by atoms with E-state index in [4.69, 9.17) is 15.0 Å². The number of benzene rings is 1. The molecule has 23 heavy (non-hydrogen) atoms. The largest absolute Gasteiger partial charge is 0.460 e. The molecule has 0 aromatic heterocycles. The zero-order chi connectivity index (χ0) is 17.1. The van der Waals surface area contributed by atoms with Gasteiger partial charge in [0.25, 0.3) is 0 Å². The molecule has 0 amide bonds. The van der Waals surface area contributed by atoms with Crippen LogP contribution in [-0.4, -0.2) is 24.2 Å². The normalized spacial score (nSPS) is 12.3. The highest BCUT2D eigenvalue weighted by atomic mass is 16.6. The van der Waals surface area contributed by atoms with Gasteiger partial charge in [0, 0.05) is 17.6 Å². The van der Waals surface area contributed by atoms with Gasteiger partial charge >= 0.3 is 5.97 Å². The Hall–Kier alpha value is -2.04. The van der Waals surface area contributed by atoms with Gasteiger partial charge < -0.3 is 9.47 Å². The molecule has 0 fully saturated rings. The van der Waals surface area contributed by atoms with E-state index in [9.17, 15) is 4.79 Å². The number of ether oxygens (including phenoxy) is 2. The SMILES string of the molecule is CC(C)(C)OC(=O)C[C@H](CCCOCc1ccccc1)N=[N+]=[N-]. The number of esters is 1. The van der Waals surface area contributed by atoms with Gasteiger partial charge in [-0.3, -0.25) is 4.79 Å². The van der Waals surface area contributed by atoms with Crippen molar-refractivity contribution < 1.29 is 14.3 Å². The van der Waals surface area contributed by atoms with E-state index in [1.54, 1.807) is 0 Å². The number of nitrogens with zero attached hydrogens (tertiary/aromatic N) is 3. The van der Waals surface area contributed by atoms with Crippen LogP contribution < -0.4 is 0 Å². The third kappa shape index (κ3) is 9.55. The van der Waals surface area contributed by atoms with Crippen molar-refractivity contribution in [3.63, 3.8) is 0 Å². The number of carbonyl (C=O) groups is 1. The summed E-state index contributed by atoms with van der Waals surface area (Å²) >= 11 is 0. The minimum Gasteiger partial charge on any atom is -0.460 e. The summed E-state index contributed by atoms with van der Waals surface area (Å²) in [7, 11) is 0. The van der Waals surface area contributed by atoms with Gasteiger partial charge in [-0.1, -0.05) is 35.4 Å². The summed E-state index contributed by atoms with van der Waals surface area (Å²) in [5.41, 5.74) is 9.20. The Kier molecular flexibility index (Phi) is 8.16. The minimum absolute atomic E-state index is 0.0972. The third-order valence-corrected chi connectivity index (χ3v) is 2.97. The van der Waals surface area contributed by atoms with E-state index in [0.29, 0.717) is 19.6 Å². The van der Waals surface area contributed by atoms with Gasteiger partial charge in [0.05, 0.1) is 13.0 Å². The van der Waals surface area contributed by atoms with Crippen molar-refractivity contribution in [1.29, 1.82) is 0 Å². The van der Waals surface area contributed by atoms with Crippen molar-refractivity contribution in [2.45, 2.75) is 58.3 Å². The van der Waals surface area contributed by atoms with E-state index in [1.807, 2.05) is 51.1 Å². The first-order valence-corrected chi connectivity index (χ1v) is 7.78. The fourth-order valence-corrected chi connectivity index (χ4v) is 2.03. The molecule has 6 nitrogen and oxygen atoms in total. The Morgan fingerprint density at radius 1 is 1.30 bits per heavy atom. The molecule has 0 aliphatic carbocycles. The summed E-state index contributed by atoms with van der Waals surface area (Å²) in [6, 6.07) is 9.52. The van der Waals surface area contributed by atoms with Crippen LogP contribution >= 0.6 is 0 Å². The monoisotopic (exact) mass is 319 g/mol. The second-order valence-corrected chi connectivity index (χ2v) is 6.33. The topological polar surface area (TPSA) is 84.3 Å². The Morgan fingerprint density at radius 2 is 2.00 bits per heavy atom. The smallest absolute Gasteiger partial charge is 0.306 e. The Balaban J connectivity index is 2.28. The van der Waals surface area contributed by atoms with Crippen molar-refractivity contribution >= 4 is 5.97 Å². The maximum Gasteiger partial charge on any atom is 0.306 e. The van der Waals surface area contributed by atoms with Gasteiger partial charge in [0.15, 0.2) is 0 Å². The maximum atomic E-state index is 11.8. The third-order valence-electron chi connectivity index (χ3n) is 2.97. The molecule has 0 saturated heterocycles. The van der Waals surface area contributed by atoms with Gasteiger partial charge in [-0.05, 0) is 44.7 Å². The lowest BCUT2D eigenvalue weighted by Crippen LogP contribution is -2.26. The summed E-state index contributed by atoms with van der Waals surface area (Å²) in [6.07, 6.45) is 1.41. The predicted octanol–water partition coefficient (Wildman–Crippen LogP) is 4.39. The summed E-state index contributed by atoms with van der Waals surface area (Å²) in [5, 5.41) is 3.67. The van der Waals surface area contributed by atoms with Crippen molar-refractivity contribution in [2.75, 3.05) is 6.61 Å². The summed E-state index contributed by atoms with van der Waals surface area (Å²) in [4.78, 5) is 14.6. The second-order valence-electron chi connectivity index (χ2n) is 6.33. The van der Waals surface area contributed by atoms with E-state index in [-0.39, 0.29) is 12.4 Å². The van der Waals surface area contributed by atoms with Crippen molar-refractivity contribution in [1.82, 2.24) is 0 Å². The number of hydrogen-bond acceptors (Lipinski definition) is 4. The molecular weight excluding hydrogens is 294 g/mol. The van der Waals surface area contributed by atoms with Crippen molar-refractivity contribution in [2.24, 2.45) is 5.11 Å². The Labute approximate surface area is 137 Å². The Morgan fingerprint density at radius 3 is 2.61 bits per heavy atom. The van der Waals surface area contributed by atoms with E-state index in [1.165, 1.54) is 0 Å². The first kappa shape index (κ1) is 19.0. The molecular formula is C17H25N3O3. The van der Waals surface area contributed by atoms with Gasteiger partial charge in [0.1, 0.15) is 5.60 Å². The molecule has 0 spiro atoms. The molecule has 126 valence electrons. The van der Waals surface area contributed by atoms with Crippen LogP contribution in [0.3, 0.4) is 0 Å². The number of rotatable bonds is 9. The maximum absolute atomic E-state index is 11.8. The molecule has 1 aromatic carbocycles. The summed E-state index contributed by atoms with van der Waals surface area (Å²) in [5.74, 6) is -0.347. The number of azide groups is 1. The summed E-state index contributed by atoms with van der Waals surface area (Å²) in [6.45, 7) is 6.54. The highest BCUT2D eigenvalue weighted by Crippen LogP contribution is 2.14. The average molecular weight is 319 g/mol.